The maximum Gasteiger partial charge on any atom is 0.224 e. The lowest BCUT2D eigenvalue weighted by Crippen LogP contribution is -2.30. The summed E-state index contributed by atoms with van der Waals surface area (Å²) in [4.78, 5) is 29.5. The van der Waals surface area contributed by atoms with Gasteiger partial charge in [-0.05, 0) is 67.7 Å². The Morgan fingerprint density at radius 1 is 0.900 bits per heavy atom. The van der Waals surface area contributed by atoms with Gasteiger partial charge in [-0.25, -0.2) is 0 Å². The number of hydrogen-bond acceptors (Lipinski definition) is 6. The average Bonchev–Trinajstić information content (AvgIpc) is 3.62. The molecule has 0 radical (unpaired) electrons. The second-order valence-corrected chi connectivity index (χ2v) is 10.3. The average molecular weight is 529 g/mol. The molecule has 0 saturated carbocycles. The molecule has 4 N–H and O–H groups in total. The lowest BCUT2D eigenvalue weighted by molar-refractivity contribution is -0.117. The van der Waals surface area contributed by atoms with Gasteiger partial charge in [-0.1, -0.05) is 18.2 Å². The summed E-state index contributed by atoms with van der Waals surface area (Å²) in [6.07, 6.45) is 11.5. The number of anilines is 1. The van der Waals surface area contributed by atoms with Crippen LogP contribution in [0.4, 0.5) is 5.69 Å². The van der Waals surface area contributed by atoms with Crippen molar-refractivity contribution in [3.63, 3.8) is 0 Å². The lowest BCUT2D eigenvalue weighted by Gasteiger charge is -2.21. The molecule has 9 heteroatoms. The monoisotopic (exact) mass is 528 g/mol. The van der Waals surface area contributed by atoms with Gasteiger partial charge in [0.2, 0.25) is 5.91 Å². The van der Waals surface area contributed by atoms with Crippen LogP contribution in [0.1, 0.15) is 19.3 Å². The van der Waals surface area contributed by atoms with E-state index in [9.17, 15) is 4.79 Å². The molecule has 6 aromatic rings. The summed E-state index contributed by atoms with van der Waals surface area (Å²) < 4.78 is 0. The van der Waals surface area contributed by atoms with E-state index in [1.54, 1.807) is 24.8 Å². The molecule has 6 heterocycles. The van der Waals surface area contributed by atoms with E-state index >= 15 is 0 Å². The van der Waals surface area contributed by atoms with Crippen molar-refractivity contribution in [3.05, 3.63) is 79.5 Å². The number of nitrogens with zero attached hydrogens (tertiary/aromatic N) is 4. The number of aromatic amines is 2. The van der Waals surface area contributed by atoms with E-state index in [2.05, 4.69) is 65.0 Å². The molecule has 0 unspecified atom stereocenters. The van der Waals surface area contributed by atoms with Crippen molar-refractivity contribution in [2.24, 2.45) is 5.92 Å². The van der Waals surface area contributed by atoms with Crippen molar-refractivity contribution in [2.75, 3.05) is 18.4 Å². The molecule has 1 saturated heterocycles. The zero-order valence-corrected chi connectivity index (χ0v) is 21.8. The number of benzene rings is 1. The van der Waals surface area contributed by atoms with Gasteiger partial charge in [0.15, 0.2) is 0 Å². The van der Waals surface area contributed by atoms with Crippen molar-refractivity contribution in [3.8, 4) is 33.8 Å². The third-order valence-corrected chi connectivity index (χ3v) is 7.59. The summed E-state index contributed by atoms with van der Waals surface area (Å²) in [6.45, 7) is 1.95. The number of pyridine rings is 3. The van der Waals surface area contributed by atoms with Crippen LogP contribution >= 0.6 is 0 Å². The predicted octanol–water partition coefficient (Wildman–Crippen LogP) is 5.56. The first-order valence-electron chi connectivity index (χ1n) is 13.5. The standard InChI is InChI=1S/C31H28N8O/c40-30(11-19-6-9-32-10-7-19)36-22-12-21(16-34-17-22)27-14-25-29(18-35-27)38-39-31(25)28-13-24-23(4-1-5-26(24)37-28)20-3-2-8-33-15-20/h1-5,8,12-19,32,37H,6-7,9-11H2,(H,36,40)(H,38,39). The van der Waals surface area contributed by atoms with Crippen LogP contribution < -0.4 is 10.6 Å². The smallest absolute Gasteiger partial charge is 0.224 e. The van der Waals surface area contributed by atoms with Crippen LogP contribution in [0.15, 0.2) is 79.5 Å². The fourth-order valence-corrected chi connectivity index (χ4v) is 5.54. The number of rotatable bonds is 6. The number of piperidine rings is 1. The van der Waals surface area contributed by atoms with Crippen LogP contribution in [0.5, 0.6) is 0 Å². The lowest BCUT2D eigenvalue weighted by atomic mass is 9.94. The first-order valence-corrected chi connectivity index (χ1v) is 13.5. The van der Waals surface area contributed by atoms with E-state index in [1.807, 2.05) is 30.5 Å². The molecule has 0 atom stereocenters. The van der Waals surface area contributed by atoms with Gasteiger partial charge < -0.3 is 15.6 Å². The first kappa shape index (κ1) is 24.2. The molecule has 5 aromatic heterocycles. The molecule has 1 aliphatic rings. The predicted molar refractivity (Wildman–Crippen MR) is 156 cm³/mol. The van der Waals surface area contributed by atoms with Gasteiger partial charge in [-0.15, -0.1) is 0 Å². The summed E-state index contributed by atoms with van der Waals surface area (Å²) in [7, 11) is 0. The highest BCUT2D eigenvalue weighted by Gasteiger charge is 2.18. The quantitative estimate of drug-likeness (QED) is 0.224. The highest BCUT2D eigenvalue weighted by atomic mass is 16.1. The zero-order valence-electron chi connectivity index (χ0n) is 21.8. The number of carbonyl (C=O) groups excluding carboxylic acids is 1. The molecule has 1 aromatic carbocycles. The van der Waals surface area contributed by atoms with Crippen molar-refractivity contribution in [2.45, 2.75) is 19.3 Å². The third-order valence-electron chi connectivity index (χ3n) is 7.59. The number of H-pyrrole nitrogens is 2. The van der Waals surface area contributed by atoms with Gasteiger partial charge in [-0.2, -0.15) is 5.10 Å². The molecule has 1 amide bonds. The fourth-order valence-electron chi connectivity index (χ4n) is 5.54. The fraction of sp³-hybridized carbons (Fsp3) is 0.194. The number of hydrogen-bond donors (Lipinski definition) is 4. The Balaban J connectivity index is 1.19. The van der Waals surface area contributed by atoms with Crippen molar-refractivity contribution < 1.29 is 4.79 Å². The largest absolute Gasteiger partial charge is 0.353 e. The second-order valence-electron chi connectivity index (χ2n) is 10.3. The highest BCUT2D eigenvalue weighted by Crippen LogP contribution is 2.34. The number of nitrogens with one attached hydrogen (secondary N) is 4. The normalized spacial score (nSPS) is 14.1. The molecule has 198 valence electrons. The minimum absolute atomic E-state index is 0.0239. The second kappa shape index (κ2) is 10.3. The molecule has 1 aliphatic heterocycles. The van der Waals surface area contributed by atoms with Crippen LogP contribution in [0.3, 0.4) is 0 Å². The highest BCUT2D eigenvalue weighted by molar-refractivity contribution is 6.01. The summed E-state index contributed by atoms with van der Waals surface area (Å²) in [6, 6.07) is 16.3. The summed E-state index contributed by atoms with van der Waals surface area (Å²) in [5, 5.41) is 16.2. The van der Waals surface area contributed by atoms with Crippen LogP contribution in [0, 0.1) is 5.92 Å². The van der Waals surface area contributed by atoms with E-state index in [1.165, 1.54) is 0 Å². The van der Waals surface area contributed by atoms with E-state index in [0.717, 1.165) is 81.5 Å². The molecular formula is C31H28N8O. The van der Waals surface area contributed by atoms with E-state index in [-0.39, 0.29) is 5.91 Å². The number of amides is 1. The van der Waals surface area contributed by atoms with Crippen LogP contribution in [-0.2, 0) is 4.79 Å². The van der Waals surface area contributed by atoms with Gasteiger partial charge in [0.05, 0.1) is 35.0 Å². The van der Waals surface area contributed by atoms with Crippen molar-refractivity contribution in [1.29, 1.82) is 0 Å². The van der Waals surface area contributed by atoms with Crippen molar-refractivity contribution >= 4 is 33.4 Å². The van der Waals surface area contributed by atoms with Crippen LogP contribution in [-0.4, -0.2) is 49.1 Å². The number of carbonyl (C=O) groups is 1. The van der Waals surface area contributed by atoms with E-state index in [0.29, 0.717) is 18.0 Å². The molecule has 0 spiro atoms. The van der Waals surface area contributed by atoms with Gasteiger partial charge in [-0.3, -0.25) is 24.8 Å². The summed E-state index contributed by atoms with van der Waals surface area (Å²) in [5.74, 6) is 0.446. The van der Waals surface area contributed by atoms with Crippen LogP contribution in [0.2, 0.25) is 0 Å². The molecule has 0 aliphatic carbocycles. The maximum atomic E-state index is 12.7. The van der Waals surface area contributed by atoms with Crippen molar-refractivity contribution in [1.82, 2.24) is 35.5 Å². The Kier molecular flexibility index (Phi) is 6.25. The minimum atomic E-state index is 0.0239. The Bertz CT molecular complexity index is 1820. The van der Waals surface area contributed by atoms with Gasteiger partial charge in [0, 0.05) is 52.4 Å². The topological polar surface area (TPSA) is 124 Å². The molecule has 1 fully saturated rings. The number of fused-ring (bicyclic) bond motifs is 2. The Hall–Kier alpha value is -4.89. The van der Waals surface area contributed by atoms with Gasteiger partial charge in [0.1, 0.15) is 5.69 Å². The third kappa shape index (κ3) is 4.71. The number of aromatic nitrogens is 6. The van der Waals surface area contributed by atoms with Gasteiger partial charge in [0.25, 0.3) is 0 Å². The van der Waals surface area contributed by atoms with Crippen LogP contribution in [0.25, 0.3) is 55.6 Å². The Morgan fingerprint density at radius 3 is 2.67 bits per heavy atom. The van der Waals surface area contributed by atoms with Gasteiger partial charge >= 0.3 is 0 Å². The summed E-state index contributed by atoms with van der Waals surface area (Å²) >= 11 is 0. The Morgan fingerprint density at radius 2 is 1.80 bits per heavy atom. The Labute approximate surface area is 230 Å². The molecule has 7 rings (SSSR count). The molecular weight excluding hydrogens is 500 g/mol. The SMILES string of the molecule is O=C(CC1CCNCC1)Nc1cncc(-c2cc3c(-c4cc5c(-c6cccnc6)cccc5[nH]4)n[nH]c3cn2)c1. The minimum Gasteiger partial charge on any atom is -0.353 e. The molecule has 0 bridgehead atoms. The molecule has 9 nitrogen and oxygen atoms in total. The van der Waals surface area contributed by atoms with E-state index in [4.69, 9.17) is 0 Å². The summed E-state index contributed by atoms with van der Waals surface area (Å²) in [5.41, 5.74) is 8.01. The molecule has 40 heavy (non-hydrogen) atoms. The maximum absolute atomic E-state index is 12.7. The van der Waals surface area contributed by atoms with E-state index < -0.39 is 0 Å². The first-order chi connectivity index (χ1) is 19.7. The zero-order chi connectivity index (χ0) is 26.9.